The number of carbonyl (C=O) groups excluding carboxylic acids is 2. The van der Waals surface area contributed by atoms with Crippen LogP contribution in [0.5, 0.6) is 17.2 Å². The molecule has 2 aromatic carbocycles. The van der Waals surface area contributed by atoms with E-state index in [9.17, 15) is 14.7 Å². The number of nitrogens with one attached hydrogen (secondary N) is 1. The Balaban J connectivity index is 2.17. The van der Waals surface area contributed by atoms with E-state index in [0.717, 1.165) is 18.7 Å². The summed E-state index contributed by atoms with van der Waals surface area (Å²) < 4.78 is 16.1. The van der Waals surface area contributed by atoms with Crippen LogP contribution in [-0.4, -0.2) is 69.2 Å². The summed E-state index contributed by atoms with van der Waals surface area (Å²) >= 11 is 0. The Morgan fingerprint density at radius 2 is 1.57 bits per heavy atom. The fraction of sp³-hybridized carbons (Fsp3) is 0.407. The van der Waals surface area contributed by atoms with Crippen molar-refractivity contribution in [2.24, 2.45) is 0 Å². The van der Waals surface area contributed by atoms with Gasteiger partial charge in [-0.25, -0.2) is 0 Å². The van der Waals surface area contributed by atoms with Crippen LogP contribution in [0, 0.1) is 6.92 Å². The molecule has 0 aromatic heterocycles. The average Bonchev–Trinajstić information content (AvgIpc) is 3.13. The molecule has 0 spiro atoms. The molecule has 8 nitrogen and oxygen atoms in total. The number of ketones is 1. The Morgan fingerprint density at radius 3 is 2.14 bits per heavy atom. The molecule has 1 unspecified atom stereocenters. The summed E-state index contributed by atoms with van der Waals surface area (Å²) in [5, 5.41) is 11.3. The van der Waals surface area contributed by atoms with E-state index in [-0.39, 0.29) is 11.3 Å². The van der Waals surface area contributed by atoms with Gasteiger partial charge in [-0.1, -0.05) is 6.07 Å². The fourth-order valence-electron chi connectivity index (χ4n) is 4.54. The molecule has 1 saturated heterocycles. The summed E-state index contributed by atoms with van der Waals surface area (Å²) in [5.74, 6) is 0.137. The molecule has 8 heteroatoms. The van der Waals surface area contributed by atoms with Gasteiger partial charge in [-0.2, -0.15) is 0 Å². The van der Waals surface area contributed by atoms with Crippen molar-refractivity contribution in [2.45, 2.75) is 26.8 Å². The lowest BCUT2D eigenvalue weighted by Gasteiger charge is -2.27. The number of aliphatic hydroxyl groups is 1. The molecule has 188 valence electrons. The Morgan fingerprint density at radius 1 is 0.943 bits per heavy atom. The van der Waals surface area contributed by atoms with Crippen LogP contribution in [0.3, 0.4) is 0 Å². The van der Waals surface area contributed by atoms with Gasteiger partial charge in [0.05, 0.1) is 59.1 Å². The smallest absolute Gasteiger partial charge is 0.295 e. The molecule has 1 amide bonds. The Bertz CT molecular complexity index is 1120. The Kier molecular flexibility index (Phi) is 8.40. The number of methoxy groups -OCH3 is 3. The van der Waals surface area contributed by atoms with Gasteiger partial charge in [0.15, 0.2) is 11.5 Å². The number of aliphatic hydroxyl groups excluding tert-OH is 1. The van der Waals surface area contributed by atoms with Crippen molar-refractivity contribution in [2.75, 3.05) is 47.5 Å². The minimum Gasteiger partial charge on any atom is -0.507 e. The first-order valence-corrected chi connectivity index (χ1v) is 11.8. The third-order valence-corrected chi connectivity index (χ3v) is 6.64. The first-order chi connectivity index (χ1) is 16.8. The normalized spacial score (nSPS) is 17.2. The number of aryl methyl sites for hydroxylation is 1. The number of hydrogen-bond acceptors (Lipinski definition) is 6. The third-order valence-electron chi connectivity index (χ3n) is 6.64. The van der Waals surface area contributed by atoms with E-state index in [2.05, 4.69) is 13.8 Å². The molecule has 0 radical (unpaired) electrons. The van der Waals surface area contributed by atoms with E-state index >= 15 is 0 Å². The van der Waals surface area contributed by atoms with Gasteiger partial charge in [0.1, 0.15) is 11.5 Å². The van der Waals surface area contributed by atoms with Gasteiger partial charge in [0.2, 0.25) is 0 Å². The molecule has 1 heterocycles. The van der Waals surface area contributed by atoms with Gasteiger partial charge in [-0.3, -0.25) is 9.59 Å². The van der Waals surface area contributed by atoms with Crippen molar-refractivity contribution in [3.8, 4) is 17.2 Å². The van der Waals surface area contributed by atoms with Crippen LogP contribution >= 0.6 is 0 Å². The largest absolute Gasteiger partial charge is 0.507 e. The molecule has 1 aliphatic rings. The molecule has 1 fully saturated rings. The lowest BCUT2D eigenvalue weighted by Crippen LogP contribution is -3.12. The highest BCUT2D eigenvalue weighted by Gasteiger charge is 2.46. The SMILES string of the molecule is CC[NH+](CC)CCN1C(=O)C(=O)C(=C(O)c2ccc(OC)c(C)c2)C1c1ccc(OC)c(OC)c1. The van der Waals surface area contributed by atoms with Crippen molar-refractivity contribution in [3.63, 3.8) is 0 Å². The summed E-state index contributed by atoms with van der Waals surface area (Å²) in [6.07, 6.45) is 0. The second-order valence-corrected chi connectivity index (χ2v) is 8.50. The van der Waals surface area contributed by atoms with Gasteiger partial charge in [-0.05, 0) is 62.2 Å². The van der Waals surface area contributed by atoms with Crippen LogP contribution in [0.1, 0.15) is 36.6 Å². The maximum absolute atomic E-state index is 13.3. The van der Waals surface area contributed by atoms with Crippen molar-refractivity contribution in [3.05, 3.63) is 58.7 Å². The van der Waals surface area contributed by atoms with Gasteiger partial charge in [0.25, 0.3) is 11.7 Å². The molecule has 1 atom stereocenters. The molecule has 1 aliphatic heterocycles. The fourth-order valence-corrected chi connectivity index (χ4v) is 4.54. The van der Waals surface area contributed by atoms with E-state index in [1.807, 2.05) is 6.92 Å². The standard InChI is InChI=1S/C27H34N2O6/c1-7-28(8-2)13-14-29-24(18-9-12-21(34-5)22(16-18)35-6)23(26(31)27(29)32)25(30)19-10-11-20(33-4)17(3)15-19/h9-12,15-16,24,30H,7-8,13-14H2,1-6H3/p+1. The van der Waals surface area contributed by atoms with Crippen LogP contribution in [0.4, 0.5) is 0 Å². The first-order valence-electron chi connectivity index (χ1n) is 11.8. The van der Waals surface area contributed by atoms with Crippen LogP contribution in [0.15, 0.2) is 42.0 Å². The monoisotopic (exact) mass is 483 g/mol. The zero-order valence-electron chi connectivity index (χ0n) is 21.3. The maximum atomic E-state index is 13.3. The number of nitrogens with zero attached hydrogens (tertiary/aromatic N) is 1. The third kappa shape index (κ3) is 5.12. The minimum atomic E-state index is -0.757. The van der Waals surface area contributed by atoms with Gasteiger partial charge in [0, 0.05) is 5.56 Å². The lowest BCUT2D eigenvalue weighted by atomic mass is 9.94. The number of carbonyl (C=O) groups is 2. The van der Waals surface area contributed by atoms with Crippen molar-refractivity contribution >= 4 is 17.4 Å². The van der Waals surface area contributed by atoms with Crippen LogP contribution in [-0.2, 0) is 9.59 Å². The van der Waals surface area contributed by atoms with Crippen LogP contribution < -0.4 is 19.1 Å². The predicted octanol–water partition coefficient (Wildman–Crippen LogP) is 2.37. The van der Waals surface area contributed by atoms with Gasteiger partial charge < -0.3 is 29.1 Å². The summed E-state index contributed by atoms with van der Waals surface area (Å²) in [7, 11) is 4.65. The van der Waals surface area contributed by atoms with E-state index in [1.165, 1.54) is 12.0 Å². The first kappa shape index (κ1) is 26.1. The average molecular weight is 484 g/mol. The van der Waals surface area contributed by atoms with E-state index in [4.69, 9.17) is 14.2 Å². The zero-order chi connectivity index (χ0) is 25.7. The van der Waals surface area contributed by atoms with Crippen molar-refractivity contribution in [1.29, 1.82) is 0 Å². The van der Waals surface area contributed by atoms with Crippen molar-refractivity contribution in [1.82, 2.24) is 4.90 Å². The number of likely N-dealkylation sites (tertiary alicyclic amines) is 1. The Hall–Kier alpha value is -3.52. The molecule has 2 N–H and O–H groups in total. The van der Waals surface area contributed by atoms with E-state index in [1.54, 1.807) is 55.5 Å². The van der Waals surface area contributed by atoms with Crippen molar-refractivity contribution < 1.29 is 33.8 Å². The number of ether oxygens (including phenoxy) is 3. The molecule has 0 aliphatic carbocycles. The summed E-state index contributed by atoms with van der Waals surface area (Å²) in [6, 6.07) is 9.68. The van der Waals surface area contributed by atoms with Gasteiger partial charge >= 0.3 is 0 Å². The molecular formula is C27H35N2O6+. The maximum Gasteiger partial charge on any atom is 0.295 e. The Labute approximate surface area is 206 Å². The number of hydrogen-bond donors (Lipinski definition) is 2. The molecule has 3 rings (SSSR count). The lowest BCUT2D eigenvalue weighted by molar-refractivity contribution is -0.895. The van der Waals surface area contributed by atoms with E-state index in [0.29, 0.717) is 41.5 Å². The highest BCUT2D eigenvalue weighted by molar-refractivity contribution is 6.46. The number of rotatable bonds is 10. The molecule has 0 bridgehead atoms. The zero-order valence-corrected chi connectivity index (χ0v) is 21.3. The second-order valence-electron chi connectivity index (χ2n) is 8.50. The number of benzene rings is 2. The summed E-state index contributed by atoms with van der Waals surface area (Å²) in [6.45, 7) is 8.91. The summed E-state index contributed by atoms with van der Waals surface area (Å²) in [5.41, 5.74) is 1.96. The predicted molar refractivity (Wildman–Crippen MR) is 133 cm³/mol. The number of Topliss-reactive ketones (excluding diaryl/α,β-unsaturated/α-hetero) is 1. The molecule has 0 saturated carbocycles. The van der Waals surface area contributed by atoms with Gasteiger partial charge in [-0.15, -0.1) is 0 Å². The number of likely N-dealkylation sites (N-methyl/N-ethyl adjacent to an activating group) is 1. The highest BCUT2D eigenvalue weighted by atomic mass is 16.5. The van der Waals surface area contributed by atoms with E-state index < -0.39 is 17.7 Å². The molecule has 35 heavy (non-hydrogen) atoms. The molecular weight excluding hydrogens is 448 g/mol. The number of amides is 1. The van der Waals surface area contributed by atoms with Crippen LogP contribution in [0.2, 0.25) is 0 Å². The number of quaternary nitrogens is 1. The van der Waals surface area contributed by atoms with Crippen LogP contribution in [0.25, 0.3) is 5.76 Å². The molecule has 2 aromatic rings. The highest BCUT2D eigenvalue weighted by Crippen LogP contribution is 2.42. The quantitative estimate of drug-likeness (QED) is 0.306. The topological polar surface area (TPSA) is 89.7 Å². The second kappa shape index (κ2) is 11.3. The summed E-state index contributed by atoms with van der Waals surface area (Å²) in [4.78, 5) is 29.4. The minimum absolute atomic E-state index is 0.0568.